The van der Waals surface area contributed by atoms with Gasteiger partial charge >= 0.3 is 0 Å². The molecular formula is C19H16N4S. The number of aryl methyl sites for hydroxylation is 1. The average molecular weight is 332 g/mol. The third-order valence-corrected chi connectivity index (χ3v) is 4.85. The highest BCUT2D eigenvalue weighted by molar-refractivity contribution is 7.17. The zero-order valence-electron chi connectivity index (χ0n) is 13.2. The summed E-state index contributed by atoms with van der Waals surface area (Å²) in [5.41, 5.74) is 4.63. The average Bonchev–Trinajstić information content (AvgIpc) is 3.06. The molecule has 3 aromatic heterocycles. The van der Waals surface area contributed by atoms with E-state index in [1.807, 2.05) is 18.2 Å². The predicted octanol–water partition coefficient (Wildman–Crippen LogP) is 4.67. The second-order valence-electron chi connectivity index (χ2n) is 5.54. The third-order valence-electron chi connectivity index (χ3n) is 3.97. The summed E-state index contributed by atoms with van der Waals surface area (Å²) in [5.74, 6) is 0.852. The van der Waals surface area contributed by atoms with Crippen LogP contribution in [0, 0.1) is 6.92 Å². The Morgan fingerprint density at radius 2 is 1.83 bits per heavy atom. The SMILES string of the molecule is Cc1ccccc1-c1csc2ncnc(NCc3ccccn3)c12. The van der Waals surface area contributed by atoms with E-state index in [0.717, 1.165) is 21.7 Å². The molecule has 24 heavy (non-hydrogen) atoms. The molecule has 0 bridgehead atoms. The van der Waals surface area contributed by atoms with Crippen LogP contribution in [0.1, 0.15) is 11.3 Å². The predicted molar refractivity (Wildman–Crippen MR) is 99.2 cm³/mol. The molecule has 4 aromatic rings. The van der Waals surface area contributed by atoms with Gasteiger partial charge < -0.3 is 5.32 Å². The first-order valence-corrected chi connectivity index (χ1v) is 8.63. The lowest BCUT2D eigenvalue weighted by molar-refractivity contribution is 1.03. The molecule has 0 unspecified atom stereocenters. The smallest absolute Gasteiger partial charge is 0.139 e. The fourth-order valence-electron chi connectivity index (χ4n) is 2.76. The van der Waals surface area contributed by atoms with Gasteiger partial charge in [0.15, 0.2) is 0 Å². The standard InChI is InChI=1S/C19H16N4S/c1-13-6-2-3-8-15(13)16-11-24-19-17(16)18(22-12-23-19)21-10-14-7-4-5-9-20-14/h2-9,11-12H,10H2,1H3,(H,21,22,23). The summed E-state index contributed by atoms with van der Waals surface area (Å²) in [6.07, 6.45) is 3.41. The van der Waals surface area contributed by atoms with Crippen molar-refractivity contribution in [3.05, 3.63) is 71.6 Å². The third kappa shape index (κ3) is 2.74. The number of fused-ring (bicyclic) bond motifs is 1. The first-order chi connectivity index (χ1) is 11.8. The van der Waals surface area contributed by atoms with Gasteiger partial charge in [-0.25, -0.2) is 9.97 Å². The number of aromatic nitrogens is 3. The maximum Gasteiger partial charge on any atom is 0.139 e. The van der Waals surface area contributed by atoms with Crippen molar-refractivity contribution in [2.75, 3.05) is 5.32 Å². The molecule has 5 heteroatoms. The van der Waals surface area contributed by atoms with Crippen LogP contribution in [0.3, 0.4) is 0 Å². The van der Waals surface area contributed by atoms with Crippen molar-refractivity contribution in [1.29, 1.82) is 0 Å². The normalized spacial score (nSPS) is 10.9. The topological polar surface area (TPSA) is 50.7 Å². The van der Waals surface area contributed by atoms with Gasteiger partial charge in [-0.15, -0.1) is 11.3 Å². The van der Waals surface area contributed by atoms with Gasteiger partial charge in [-0.1, -0.05) is 30.3 Å². The Bertz CT molecular complexity index is 979. The number of rotatable bonds is 4. The lowest BCUT2D eigenvalue weighted by Crippen LogP contribution is -2.03. The summed E-state index contributed by atoms with van der Waals surface area (Å²) < 4.78 is 0. The molecule has 0 aliphatic rings. The number of hydrogen-bond donors (Lipinski definition) is 1. The molecule has 4 rings (SSSR count). The van der Waals surface area contributed by atoms with Crippen molar-refractivity contribution >= 4 is 27.4 Å². The van der Waals surface area contributed by atoms with E-state index in [9.17, 15) is 0 Å². The number of nitrogens with zero attached hydrogens (tertiary/aromatic N) is 3. The number of thiophene rings is 1. The van der Waals surface area contributed by atoms with E-state index < -0.39 is 0 Å². The number of pyridine rings is 1. The molecule has 0 atom stereocenters. The summed E-state index contributed by atoms with van der Waals surface area (Å²) in [6.45, 7) is 2.76. The van der Waals surface area contributed by atoms with Crippen LogP contribution >= 0.6 is 11.3 Å². The lowest BCUT2D eigenvalue weighted by atomic mass is 10.0. The number of anilines is 1. The summed E-state index contributed by atoms with van der Waals surface area (Å²) in [5, 5.41) is 6.65. The number of benzene rings is 1. The minimum Gasteiger partial charge on any atom is -0.364 e. The maximum atomic E-state index is 4.47. The van der Waals surface area contributed by atoms with Gasteiger partial charge in [0, 0.05) is 17.1 Å². The zero-order valence-corrected chi connectivity index (χ0v) is 14.0. The van der Waals surface area contributed by atoms with E-state index in [2.05, 4.69) is 56.8 Å². The first kappa shape index (κ1) is 14.8. The summed E-state index contributed by atoms with van der Waals surface area (Å²) in [7, 11) is 0. The van der Waals surface area contributed by atoms with Crippen LogP contribution in [0.5, 0.6) is 0 Å². The van der Waals surface area contributed by atoms with Gasteiger partial charge in [0.1, 0.15) is 17.0 Å². The molecule has 0 spiro atoms. The van der Waals surface area contributed by atoms with E-state index in [1.54, 1.807) is 23.9 Å². The number of hydrogen-bond acceptors (Lipinski definition) is 5. The Balaban J connectivity index is 1.76. The second-order valence-corrected chi connectivity index (χ2v) is 6.40. The minimum atomic E-state index is 0.635. The Hall–Kier alpha value is -2.79. The van der Waals surface area contributed by atoms with Crippen LogP contribution in [-0.4, -0.2) is 15.0 Å². The van der Waals surface area contributed by atoms with E-state index in [1.165, 1.54) is 16.7 Å². The van der Waals surface area contributed by atoms with Crippen LogP contribution in [-0.2, 0) is 6.54 Å². The fraction of sp³-hybridized carbons (Fsp3) is 0.105. The largest absolute Gasteiger partial charge is 0.364 e. The van der Waals surface area contributed by atoms with Gasteiger partial charge in [0.25, 0.3) is 0 Å². The van der Waals surface area contributed by atoms with Gasteiger partial charge in [-0.2, -0.15) is 0 Å². The van der Waals surface area contributed by atoms with Gasteiger partial charge in [-0.05, 0) is 30.2 Å². The van der Waals surface area contributed by atoms with Crippen molar-refractivity contribution in [2.24, 2.45) is 0 Å². The molecular weight excluding hydrogens is 316 g/mol. The molecule has 0 amide bonds. The molecule has 4 nitrogen and oxygen atoms in total. The molecule has 0 saturated heterocycles. The van der Waals surface area contributed by atoms with E-state index >= 15 is 0 Å². The highest BCUT2D eigenvalue weighted by atomic mass is 32.1. The zero-order chi connectivity index (χ0) is 16.4. The molecule has 1 aromatic carbocycles. The Morgan fingerprint density at radius 1 is 0.958 bits per heavy atom. The summed E-state index contributed by atoms with van der Waals surface area (Å²) in [6, 6.07) is 14.3. The molecule has 1 N–H and O–H groups in total. The molecule has 0 aliphatic carbocycles. The maximum absolute atomic E-state index is 4.47. The molecule has 3 heterocycles. The van der Waals surface area contributed by atoms with Crippen LogP contribution in [0.15, 0.2) is 60.4 Å². The molecule has 0 fully saturated rings. The van der Waals surface area contributed by atoms with Crippen LogP contribution < -0.4 is 5.32 Å². The van der Waals surface area contributed by atoms with Crippen molar-refractivity contribution < 1.29 is 0 Å². The summed E-state index contributed by atoms with van der Waals surface area (Å²) >= 11 is 1.65. The fourth-order valence-corrected chi connectivity index (χ4v) is 3.67. The van der Waals surface area contributed by atoms with E-state index in [-0.39, 0.29) is 0 Å². The lowest BCUT2D eigenvalue weighted by Gasteiger charge is -2.09. The summed E-state index contributed by atoms with van der Waals surface area (Å²) in [4.78, 5) is 14.2. The van der Waals surface area contributed by atoms with Gasteiger partial charge in [0.05, 0.1) is 17.6 Å². The Labute approximate surface area is 144 Å². The highest BCUT2D eigenvalue weighted by Gasteiger charge is 2.14. The molecule has 0 radical (unpaired) electrons. The van der Waals surface area contributed by atoms with Crippen molar-refractivity contribution in [3.63, 3.8) is 0 Å². The monoisotopic (exact) mass is 332 g/mol. The number of nitrogens with one attached hydrogen (secondary N) is 1. The van der Waals surface area contributed by atoms with Gasteiger partial charge in [0.2, 0.25) is 0 Å². The van der Waals surface area contributed by atoms with Crippen LogP contribution in [0.25, 0.3) is 21.3 Å². The van der Waals surface area contributed by atoms with Crippen LogP contribution in [0.2, 0.25) is 0 Å². The van der Waals surface area contributed by atoms with E-state index in [0.29, 0.717) is 6.54 Å². The minimum absolute atomic E-state index is 0.635. The van der Waals surface area contributed by atoms with Crippen molar-refractivity contribution in [3.8, 4) is 11.1 Å². The van der Waals surface area contributed by atoms with Crippen molar-refractivity contribution in [2.45, 2.75) is 13.5 Å². The van der Waals surface area contributed by atoms with Gasteiger partial charge in [-0.3, -0.25) is 4.98 Å². The first-order valence-electron chi connectivity index (χ1n) is 7.75. The molecule has 0 saturated carbocycles. The second kappa shape index (κ2) is 6.37. The molecule has 118 valence electrons. The highest BCUT2D eigenvalue weighted by Crippen LogP contribution is 2.37. The van der Waals surface area contributed by atoms with Crippen molar-refractivity contribution in [1.82, 2.24) is 15.0 Å². The molecule has 0 aliphatic heterocycles. The van der Waals surface area contributed by atoms with E-state index in [4.69, 9.17) is 0 Å². The Kier molecular flexibility index (Phi) is 3.92. The van der Waals surface area contributed by atoms with Crippen LogP contribution in [0.4, 0.5) is 5.82 Å². The quantitative estimate of drug-likeness (QED) is 0.590. The Morgan fingerprint density at radius 3 is 2.67 bits per heavy atom.